The van der Waals surface area contributed by atoms with Crippen molar-refractivity contribution in [2.75, 3.05) is 29.5 Å². The average Bonchev–Trinajstić information content (AvgIpc) is 2.62. The highest BCUT2D eigenvalue weighted by atomic mass is 15.3. The SMILES string of the molecule is Nc1nc(N)nc(N(CCc2ccccc2)CCc2ccccc2)n1. The van der Waals surface area contributed by atoms with E-state index in [1.807, 2.05) is 36.4 Å². The van der Waals surface area contributed by atoms with Crippen molar-refractivity contribution in [3.05, 3.63) is 71.8 Å². The second-order valence-corrected chi connectivity index (χ2v) is 5.81. The summed E-state index contributed by atoms with van der Waals surface area (Å²) in [5.41, 5.74) is 14.0. The number of hydrogen-bond donors (Lipinski definition) is 2. The Morgan fingerprint density at radius 3 is 1.52 bits per heavy atom. The Labute approximate surface area is 147 Å². The molecule has 25 heavy (non-hydrogen) atoms. The van der Waals surface area contributed by atoms with Crippen molar-refractivity contribution in [3.8, 4) is 0 Å². The second-order valence-electron chi connectivity index (χ2n) is 5.81. The van der Waals surface area contributed by atoms with Gasteiger partial charge in [0.2, 0.25) is 17.8 Å². The molecule has 3 rings (SSSR count). The van der Waals surface area contributed by atoms with Crippen LogP contribution in [-0.4, -0.2) is 28.0 Å². The van der Waals surface area contributed by atoms with Gasteiger partial charge in [-0.3, -0.25) is 0 Å². The van der Waals surface area contributed by atoms with Gasteiger partial charge in [0.15, 0.2) is 0 Å². The maximum Gasteiger partial charge on any atom is 0.231 e. The van der Waals surface area contributed by atoms with Crippen molar-refractivity contribution in [3.63, 3.8) is 0 Å². The van der Waals surface area contributed by atoms with Gasteiger partial charge < -0.3 is 16.4 Å². The first-order valence-electron chi connectivity index (χ1n) is 8.30. The highest BCUT2D eigenvalue weighted by molar-refractivity contribution is 5.40. The van der Waals surface area contributed by atoms with E-state index in [-0.39, 0.29) is 11.9 Å². The highest BCUT2D eigenvalue weighted by Crippen LogP contribution is 2.13. The summed E-state index contributed by atoms with van der Waals surface area (Å²) in [6, 6.07) is 20.7. The third kappa shape index (κ3) is 4.91. The van der Waals surface area contributed by atoms with Crippen molar-refractivity contribution >= 4 is 17.8 Å². The molecule has 128 valence electrons. The lowest BCUT2D eigenvalue weighted by Crippen LogP contribution is -2.30. The zero-order chi connectivity index (χ0) is 17.5. The van der Waals surface area contributed by atoms with Gasteiger partial charge in [0, 0.05) is 13.1 Å². The Morgan fingerprint density at radius 1 is 0.640 bits per heavy atom. The quantitative estimate of drug-likeness (QED) is 0.689. The van der Waals surface area contributed by atoms with E-state index in [1.54, 1.807) is 0 Å². The van der Waals surface area contributed by atoms with E-state index in [4.69, 9.17) is 11.5 Å². The molecule has 0 amide bonds. The minimum atomic E-state index is 0.145. The van der Waals surface area contributed by atoms with Crippen LogP contribution in [0.1, 0.15) is 11.1 Å². The average molecular weight is 334 g/mol. The Balaban J connectivity index is 1.75. The van der Waals surface area contributed by atoms with Crippen LogP contribution in [0.25, 0.3) is 0 Å². The van der Waals surface area contributed by atoms with Gasteiger partial charge in [0.05, 0.1) is 0 Å². The van der Waals surface area contributed by atoms with Gasteiger partial charge in [-0.15, -0.1) is 0 Å². The standard InChI is InChI=1S/C19H22N6/c20-17-22-18(21)24-19(23-17)25(13-11-15-7-3-1-4-8-15)14-12-16-9-5-2-6-10-16/h1-10H,11-14H2,(H4,20,21,22,23,24). The molecular formula is C19H22N6. The summed E-state index contributed by atoms with van der Waals surface area (Å²) < 4.78 is 0. The molecule has 0 fully saturated rings. The molecule has 0 saturated heterocycles. The molecule has 4 N–H and O–H groups in total. The van der Waals surface area contributed by atoms with Crippen molar-refractivity contribution in [1.29, 1.82) is 0 Å². The molecule has 1 aromatic heterocycles. The predicted molar refractivity (Wildman–Crippen MR) is 101 cm³/mol. The number of aromatic nitrogens is 3. The molecule has 0 aliphatic rings. The normalized spacial score (nSPS) is 10.6. The van der Waals surface area contributed by atoms with E-state index in [0.717, 1.165) is 25.9 Å². The summed E-state index contributed by atoms with van der Waals surface area (Å²) in [4.78, 5) is 14.5. The fourth-order valence-electron chi connectivity index (χ4n) is 2.67. The molecule has 1 heterocycles. The monoisotopic (exact) mass is 334 g/mol. The number of nitrogen functional groups attached to an aromatic ring is 2. The van der Waals surface area contributed by atoms with Gasteiger partial charge in [0.25, 0.3) is 0 Å². The lowest BCUT2D eigenvalue weighted by atomic mass is 10.1. The topological polar surface area (TPSA) is 93.9 Å². The Kier molecular flexibility index (Phi) is 5.41. The smallest absolute Gasteiger partial charge is 0.231 e. The van der Waals surface area contributed by atoms with Crippen LogP contribution in [0.4, 0.5) is 17.8 Å². The van der Waals surface area contributed by atoms with Crippen LogP contribution >= 0.6 is 0 Å². The number of benzene rings is 2. The zero-order valence-corrected chi connectivity index (χ0v) is 14.0. The fourth-order valence-corrected chi connectivity index (χ4v) is 2.67. The van der Waals surface area contributed by atoms with Gasteiger partial charge in [-0.2, -0.15) is 15.0 Å². The first-order chi connectivity index (χ1) is 12.2. The van der Waals surface area contributed by atoms with E-state index in [9.17, 15) is 0 Å². The Hall–Kier alpha value is -3.15. The van der Waals surface area contributed by atoms with Crippen LogP contribution in [0.15, 0.2) is 60.7 Å². The van der Waals surface area contributed by atoms with Gasteiger partial charge >= 0.3 is 0 Å². The molecule has 3 aromatic rings. The van der Waals surface area contributed by atoms with E-state index < -0.39 is 0 Å². The zero-order valence-electron chi connectivity index (χ0n) is 14.0. The summed E-state index contributed by atoms with van der Waals surface area (Å²) in [6.45, 7) is 1.56. The molecule has 0 unspecified atom stereocenters. The van der Waals surface area contributed by atoms with Crippen LogP contribution in [0, 0.1) is 0 Å². The number of nitrogens with zero attached hydrogens (tertiary/aromatic N) is 4. The van der Waals surface area contributed by atoms with E-state index in [0.29, 0.717) is 5.95 Å². The second kappa shape index (κ2) is 8.10. The fraction of sp³-hybridized carbons (Fsp3) is 0.211. The molecular weight excluding hydrogens is 312 g/mol. The largest absolute Gasteiger partial charge is 0.368 e. The number of rotatable bonds is 7. The number of nitrogens with two attached hydrogens (primary N) is 2. The molecule has 0 aliphatic heterocycles. The molecule has 0 bridgehead atoms. The van der Waals surface area contributed by atoms with Crippen LogP contribution in [-0.2, 0) is 12.8 Å². The van der Waals surface area contributed by atoms with Crippen molar-refractivity contribution in [1.82, 2.24) is 15.0 Å². The van der Waals surface area contributed by atoms with Gasteiger partial charge in [-0.1, -0.05) is 60.7 Å². The lowest BCUT2D eigenvalue weighted by molar-refractivity contribution is 0.740. The van der Waals surface area contributed by atoms with Crippen LogP contribution in [0.5, 0.6) is 0 Å². The minimum absolute atomic E-state index is 0.145. The third-order valence-electron chi connectivity index (χ3n) is 3.97. The van der Waals surface area contributed by atoms with Gasteiger partial charge in [-0.05, 0) is 24.0 Å². The first kappa shape index (κ1) is 16.7. The van der Waals surface area contributed by atoms with E-state index in [1.165, 1.54) is 11.1 Å². The lowest BCUT2D eigenvalue weighted by Gasteiger charge is -2.23. The highest BCUT2D eigenvalue weighted by Gasteiger charge is 2.12. The van der Waals surface area contributed by atoms with Crippen LogP contribution in [0.2, 0.25) is 0 Å². The van der Waals surface area contributed by atoms with Crippen molar-refractivity contribution in [2.45, 2.75) is 12.8 Å². The number of anilines is 3. The van der Waals surface area contributed by atoms with Crippen LogP contribution in [0.3, 0.4) is 0 Å². The third-order valence-corrected chi connectivity index (χ3v) is 3.97. The van der Waals surface area contributed by atoms with Crippen LogP contribution < -0.4 is 16.4 Å². The maximum absolute atomic E-state index is 5.74. The maximum atomic E-state index is 5.74. The molecule has 0 saturated carbocycles. The van der Waals surface area contributed by atoms with Gasteiger partial charge in [0.1, 0.15) is 0 Å². The van der Waals surface area contributed by atoms with Crippen molar-refractivity contribution in [2.24, 2.45) is 0 Å². The summed E-state index contributed by atoms with van der Waals surface area (Å²) in [7, 11) is 0. The summed E-state index contributed by atoms with van der Waals surface area (Å²) >= 11 is 0. The van der Waals surface area contributed by atoms with Gasteiger partial charge in [-0.25, -0.2) is 0 Å². The summed E-state index contributed by atoms with van der Waals surface area (Å²) in [5.74, 6) is 0.815. The molecule has 0 aliphatic carbocycles. The predicted octanol–water partition coefficient (Wildman–Crippen LogP) is 2.33. The minimum Gasteiger partial charge on any atom is -0.368 e. The van der Waals surface area contributed by atoms with E-state index >= 15 is 0 Å². The molecule has 2 aromatic carbocycles. The summed E-state index contributed by atoms with van der Waals surface area (Å²) in [6.07, 6.45) is 1.78. The summed E-state index contributed by atoms with van der Waals surface area (Å²) in [5, 5.41) is 0. The molecule has 0 atom stereocenters. The molecule has 6 nitrogen and oxygen atoms in total. The molecule has 6 heteroatoms. The van der Waals surface area contributed by atoms with Crippen molar-refractivity contribution < 1.29 is 0 Å². The Bertz CT molecular complexity index is 728. The Morgan fingerprint density at radius 2 is 1.08 bits per heavy atom. The molecule has 0 radical (unpaired) electrons. The van der Waals surface area contributed by atoms with E-state index in [2.05, 4.69) is 44.1 Å². The first-order valence-corrected chi connectivity index (χ1v) is 8.30. The molecule has 0 spiro atoms. The number of hydrogen-bond acceptors (Lipinski definition) is 6.